The maximum atomic E-state index is 11.8. The fourth-order valence-corrected chi connectivity index (χ4v) is 2.12. The van der Waals surface area contributed by atoms with E-state index in [2.05, 4.69) is 10.3 Å². The van der Waals surface area contributed by atoms with Crippen LogP contribution in [0.1, 0.15) is 29.0 Å². The fraction of sp³-hybridized carbons (Fsp3) is 0.200. The van der Waals surface area contributed by atoms with Crippen LogP contribution in [-0.2, 0) is 9.53 Å². The van der Waals surface area contributed by atoms with Crippen molar-refractivity contribution in [3.05, 3.63) is 57.8 Å². The fourth-order valence-electron chi connectivity index (χ4n) is 1.81. The molecule has 0 saturated carbocycles. The standard InChI is InChI=1S/C15H14Cl2N2O3/c1-9(10-4-5-11(16)12(17)7-10)19-14(20)8-22-15(21)13-3-2-6-18-13/h2-7,9,18H,8H2,1H3,(H,19,20)/t9-/m0/s1. The maximum absolute atomic E-state index is 11.8. The summed E-state index contributed by atoms with van der Waals surface area (Å²) in [5.74, 6) is -0.985. The third-order valence-electron chi connectivity index (χ3n) is 2.97. The maximum Gasteiger partial charge on any atom is 0.355 e. The lowest BCUT2D eigenvalue weighted by Crippen LogP contribution is -2.31. The summed E-state index contributed by atoms with van der Waals surface area (Å²) in [5, 5.41) is 3.58. The third-order valence-corrected chi connectivity index (χ3v) is 3.71. The summed E-state index contributed by atoms with van der Waals surface area (Å²) in [6, 6.07) is 8.06. The Kier molecular flexibility index (Phi) is 5.46. The Morgan fingerprint density at radius 2 is 2.05 bits per heavy atom. The molecule has 1 amide bonds. The van der Waals surface area contributed by atoms with Gasteiger partial charge < -0.3 is 15.0 Å². The second kappa shape index (κ2) is 7.33. The summed E-state index contributed by atoms with van der Waals surface area (Å²) in [4.78, 5) is 26.1. The molecule has 1 aromatic heterocycles. The summed E-state index contributed by atoms with van der Waals surface area (Å²) in [6.45, 7) is 1.44. The summed E-state index contributed by atoms with van der Waals surface area (Å²) in [6.07, 6.45) is 1.60. The van der Waals surface area contributed by atoms with Crippen molar-refractivity contribution in [2.45, 2.75) is 13.0 Å². The van der Waals surface area contributed by atoms with Crippen LogP contribution in [0.25, 0.3) is 0 Å². The van der Waals surface area contributed by atoms with E-state index in [1.165, 1.54) is 0 Å². The van der Waals surface area contributed by atoms with E-state index >= 15 is 0 Å². The molecule has 0 saturated heterocycles. The van der Waals surface area contributed by atoms with Crippen molar-refractivity contribution in [2.75, 3.05) is 6.61 Å². The number of H-pyrrole nitrogens is 1. The Labute approximate surface area is 137 Å². The highest BCUT2D eigenvalue weighted by molar-refractivity contribution is 6.42. The number of nitrogens with one attached hydrogen (secondary N) is 2. The van der Waals surface area contributed by atoms with Gasteiger partial charge in [-0.15, -0.1) is 0 Å². The zero-order valence-electron chi connectivity index (χ0n) is 11.7. The number of rotatable bonds is 5. The molecule has 0 aliphatic rings. The molecular formula is C15H14Cl2N2O3. The molecule has 0 unspecified atom stereocenters. The van der Waals surface area contributed by atoms with Crippen molar-refractivity contribution in [3.8, 4) is 0 Å². The zero-order valence-corrected chi connectivity index (χ0v) is 13.2. The molecule has 1 heterocycles. The van der Waals surface area contributed by atoms with Crippen LogP contribution in [0.3, 0.4) is 0 Å². The number of carbonyl (C=O) groups excluding carboxylic acids is 2. The molecule has 5 nitrogen and oxygen atoms in total. The number of aromatic nitrogens is 1. The van der Waals surface area contributed by atoms with Crippen molar-refractivity contribution >= 4 is 35.1 Å². The van der Waals surface area contributed by atoms with Gasteiger partial charge in [-0.3, -0.25) is 4.79 Å². The van der Waals surface area contributed by atoms with E-state index in [4.69, 9.17) is 27.9 Å². The van der Waals surface area contributed by atoms with E-state index in [1.807, 2.05) is 0 Å². The van der Waals surface area contributed by atoms with Crippen molar-refractivity contribution in [1.82, 2.24) is 10.3 Å². The average molecular weight is 341 g/mol. The van der Waals surface area contributed by atoms with E-state index in [9.17, 15) is 9.59 Å². The van der Waals surface area contributed by atoms with Crippen LogP contribution >= 0.6 is 23.2 Å². The Bertz CT molecular complexity index is 671. The van der Waals surface area contributed by atoms with E-state index < -0.39 is 11.9 Å². The van der Waals surface area contributed by atoms with Crippen molar-refractivity contribution in [1.29, 1.82) is 0 Å². The third kappa shape index (κ3) is 4.26. The van der Waals surface area contributed by atoms with Gasteiger partial charge in [0, 0.05) is 6.20 Å². The van der Waals surface area contributed by atoms with Gasteiger partial charge in [0.05, 0.1) is 16.1 Å². The van der Waals surface area contributed by atoms with Gasteiger partial charge in [-0.05, 0) is 36.8 Å². The molecule has 0 aliphatic carbocycles. The second-order valence-electron chi connectivity index (χ2n) is 4.62. The molecule has 2 N–H and O–H groups in total. The van der Waals surface area contributed by atoms with E-state index in [1.54, 1.807) is 43.5 Å². The molecule has 116 valence electrons. The minimum atomic E-state index is -0.581. The molecule has 0 spiro atoms. The SMILES string of the molecule is C[C@H](NC(=O)COC(=O)c1ccc[nH]1)c1ccc(Cl)c(Cl)c1. The van der Waals surface area contributed by atoms with Gasteiger partial charge in [-0.1, -0.05) is 29.3 Å². The molecule has 7 heteroatoms. The normalized spacial score (nSPS) is 11.8. The summed E-state index contributed by atoms with van der Waals surface area (Å²) in [5.41, 5.74) is 1.10. The molecule has 2 aromatic rings. The van der Waals surface area contributed by atoms with E-state index in [0.29, 0.717) is 15.7 Å². The number of hydrogen-bond donors (Lipinski definition) is 2. The smallest absolute Gasteiger partial charge is 0.355 e. The van der Waals surface area contributed by atoms with Crippen LogP contribution in [0.15, 0.2) is 36.5 Å². The Hall–Kier alpha value is -1.98. The van der Waals surface area contributed by atoms with Crippen LogP contribution in [0.5, 0.6) is 0 Å². The van der Waals surface area contributed by atoms with Crippen LogP contribution in [0.4, 0.5) is 0 Å². The Balaban J connectivity index is 1.86. The quantitative estimate of drug-likeness (QED) is 0.820. The highest BCUT2D eigenvalue weighted by Crippen LogP contribution is 2.25. The van der Waals surface area contributed by atoms with Gasteiger partial charge in [0.2, 0.25) is 0 Å². The molecule has 0 radical (unpaired) electrons. The second-order valence-corrected chi connectivity index (χ2v) is 5.44. The van der Waals surface area contributed by atoms with Crippen molar-refractivity contribution in [3.63, 3.8) is 0 Å². The van der Waals surface area contributed by atoms with Crippen LogP contribution in [-0.4, -0.2) is 23.5 Å². The highest BCUT2D eigenvalue weighted by atomic mass is 35.5. The number of carbonyl (C=O) groups is 2. The van der Waals surface area contributed by atoms with Gasteiger partial charge in [-0.2, -0.15) is 0 Å². The zero-order chi connectivity index (χ0) is 16.1. The first-order valence-corrected chi connectivity index (χ1v) is 7.28. The van der Waals surface area contributed by atoms with E-state index in [0.717, 1.165) is 5.56 Å². The molecule has 22 heavy (non-hydrogen) atoms. The molecule has 0 bridgehead atoms. The van der Waals surface area contributed by atoms with Crippen LogP contribution in [0, 0.1) is 0 Å². The number of hydrogen-bond acceptors (Lipinski definition) is 3. The number of esters is 1. The van der Waals surface area contributed by atoms with Gasteiger partial charge in [0.1, 0.15) is 5.69 Å². The molecule has 2 rings (SSSR count). The van der Waals surface area contributed by atoms with Crippen LogP contribution in [0.2, 0.25) is 10.0 Å². The summed E-state index contributed by atoms with van der Waals surface area (Å²) >= 11 is 11.8. The van der Waals surface area contributed by atoms with Gasteiger partial charge in [0.15, 0.2) is 6.61 Å². The summed E-state index contributed by atoms with van der Waals surface area (Å²) in [7, 11) is 0. The number of halogens is 2. The molecular weight excluding hydrogens is 327 g/mol. The monoisotopic (exact) mass is 340 g/mol. The lowest BCUT2D eigenvalue weighted by molar-refractivity contribution is -0.124. The van der Waals surface area contributed by atoms with Gasteiger partial charge >= 0.3 is 5.97 Å². The number of ether oxygens (including phenoxy) is 1. The van der Waals surface area contributed by atoms with Crippen molar-refractivity contribution in [2.24, 2.45) is 0 Å². The van der Waals surface area contributed by atoms with Gasteiger partial charge in [0.25, 0.3) is 5.91 Å². The first-order chi connectivity index (χ1) is 10.5. The minimum absolute atomic E-state index is 0.286. The van der Waals surface area contributed by atoms with E-state index in [-0.39, 0.29) is 12.6 Å². The first-order valence-electron chi connectivity index (χ1n) is 6.52. The highest BCUT2D eigenvalue weighted by Gasteiger charge is 2.14. The predicted molar refractivity (Wildman–Crippen MR) is 84.1 cm³/mol. The average Bonchev–Trinajstić information content (AvgIpc) is 3.02. The number of benzene rings is 1. The Morgan fingerprint density at radius 3 is 2.68 bits per heavy atom. The summed E-state index contributed by atoms with van der Waals surface area (Å²) < 4.78 is 4.90. The number of aromatic amines is 1. The first kappa shape index (κ1) is 16.4. The Morgan fingerprint density at radius 1 is 1.27 bits per heavy atom. The lowest BCUT2D eigenvalue weighted by atomic mass is 10.1. The predicted octanol–water partition coefficient (Wildman–Crippen LogP) is 3.36. The topological polar surface area (TPSA) is 71.2 Å². The number of amides is 1. The lowest BCUT2D eigenvalue weighted by Gasteiger charge is -2.15. The molecule has 1 aromatic carbocycles. The van der Waals surface area contributed by atoms with Crippen LogP contribution < -0.4 is 5.32 Å². The molecule has 1 atom stereocenters. The molecule has 0 fully saturated rings. The largest absolute Gasteiger partial charge is 0.451 e. The van der Waals surface area contributed by atoms with Crippen molar-refractivity contribution < 1.29 is 14.3 Å². The van der Waals surface area contributed by atoms with Gasteiger partial charge in [-0.25, -0.2) is 4.79 Å². The molecule has 0 aliphatic heterocycles. The minimum Gasteiger partial charge on any atom is -0.451 e.